The lowest BCUT2D eigenvalue weighted by atomic mass is 10.1. The van der Waals surface area contributed by atoms with Crippen LogP contribution in [0.1, 0.15) is 23.4 Å². The number of carbonyl (C=O) groups excluding carboxylic acids is 1. The molecule has 0 spiro atoms. The summed E-state index contributed by atoms with van der Waals surface area (Å²) in [5.41, 5.74) is 6.74. The summed E-state index contributed by atoms with van der Waals surface area (Å²) in [5, 5.41) is 2.85. The van der Waals surface area contributed by atoms with E-state index in [1.165, 1.54) is 0 Å². The molecule has 22 heavy (non-hydrogen) atoms. The van der Waals surface area contributed by atoms with E-state index in [2.05, 4.69) is 35.2 Å². The number of nitrogens with zero attached hydrogens (tertiary/aromatic N) is 3. The third kappa shape index (κ3) is 3.04. The van der Waals surface area contributed by atoms with Crippen LogP contribution in [0.4, 0.5) is 0 Å². The van der Waals surface area contributed by atoms with Crippen molar-refractivity contribution in [3.63, 3.8) is 0 Å². The molecule has 1 amide bonds. The number of carbonyl (C=O) groups is 1. The summed E-state index contributed by atoms with van der Waals surface area (Å²) in [6, 6.07) is -1.21. The van der Waals surface area contributed by atoms with Crippen LogP contribution in [0.15, 0.2) is 37.3 Å². The van der Waals surface area contributed by atoms with Crippen LogP contribution in [0.25, 0.3) is 0 Å². The van der Waals surface area contributed by atoms with Gasteiger partial charge in [-0.1, -0.05) is 0 Å². The number of H-pyrrole nitrogens is 3. The fourth-order valence-electron chi connectivity index (χ4n) is 2.11. The van der Waals surface area contributed by atoms with Gasteiger partial charge in [0.25, 0.3) is 0 Å². The smallest absolute Gasteiger partial charge is 0.238 e. The maximum absolute atomic E-state index is 12.3. The summed E-state index contributed by atoms with van der Waals surface area (Å²) in [4.78, 5) is 33.4. The van der Waals surface area contributed by atoms with Gasteiger partial charge >= 0.3 is 0 Å². The highest BCUT2D eigenvalue weighted by Crippen LogP contribution is 2.15. The van der Waals surface area contributed by atoms with Crippen molar-refractivity contribution in [3.05, 3.63) is 54.7 Å². The molecule has 3 heterocycles. The van der Waals surface area contributed by atoms with Crippen molar-refractivity contribution in [1.82, 2.24) is 35.2 Å². The number of aromatic amines is 3. The van der Waals surface area contributed by atoms with Gasteiger partial charge in [-0.2, -0.15) is 0 Å². The Kier molecular flexibility index (Phi) is 3.97. The third-order valence-electron chi connectivity index (χ3n) is 3.20. The van der Waals surface area contributed by atoms with Crippen LogP contribution >= 0.6 is 0 Å². The van der Waals surface area contributed by atoms with Crippen molar-refractivity contribution in [2.45, 2.75) is 18.5 Å². The predicted molar refractivity (Wildman–Crippen MR) is 77.4 cm³/mol. The van der Waals surface area contributed by atoms with Crippen LogP contribution in [-0.2, 0) is 11.2 Å². The topological polar surface area (TPSA) is 141 Å². The molecule has 0 aliphatic carbocycles. The molecule has 3 aromatic rings. The Bertz CT molecular complexity index is 654. The number of nitrogens with two attached hydrogens (primary N) is 1. The molecule has 0 aromatic carbocycles. The van der Waals surface area contributed by atoms with E-state index in [0.717, 1.165) is 5.69 Å². The zero-order valence-corrected chi connectivity index (χ0v) is 11.7. The molecule has 3 aromatic heterocycles. The molecule has 9 nitrogen and oxygen atoms in total. The second-order valence-corrected chi connectivity index (χ2v) is 4.78. The number of amides is 1. The van der Waals surface area contributed by atoms with E-state index in [1.54, 1.807) is 37.3 Å². The second kappa shape index (κ2) is 6.22. The van der Waals surface area contributed by atoms with E-state index in [-0.39, 0.29) is 5.91 Å². The lowest BCUT2D eigenvalue weighted by molar-refractivity contribution is -0.122. The normalized spacial score (nSPS) is 12.5. The first-order valence-electron chi connectivity index (χ1n) is 6.76. The zero-order valence-electron chi connectivity index (χ0n) is 11.7. The van der Waals surface area contributed by atoms with E-state index in [1.807, 2.05) is 0 Å². The second-order valence-electron chi connectivity index (χ2n) is 4.78. The predicted octanol–water partition coefficient (Wildman–Crippen LogP) is -0.368. The van der Waals surface area contributed by atoms with Gasteiger partial charge in [0.15, 0.2) is 0 Å². The summed E-state index contributed by atoms with van der Waals surface area (Å²) in [6.45, 7) is 0. The van der Waals surface area contributed by atoms with Crippen molar-refractivity contribution in [2.24, 2.45) is 5.73 Å². The van der Waals surface area contributed by atoms with Gasteiger partial charge in [0.2, 0.25) is 5.91 Å². The Labute approximate surface area is 125 Å². The largest absolute Gasteiger partial charge is 0.348 e. The van der Waals surface area contributed by atoms with Gasteiger partial charge in [-0.15, -0.1) is 0 Å². The van der Waals surface area contributed by atoms with Crippen molar-refractivity contribution in [2.75, 3.05) is 0 Å². The summed E-state index contributed by atoms with van der Waals surface area (Å²) < 4.78 is 0. The molecule has 0 aliphatic heterocycles. The molecular weight excluding hydrogens is 284 g/mol. The van der Waals surface area contributed by atoms with Gasteiger partial charge < -0.3 is 26.0 Å². The van der Waals surface area contributed by atoms with Crippen LogP contribution in [0.5, 0.6) is 0 Å². The maximum atomic E-state index is 12.3. The molecule has 0 bridgehead atoms. The van der Waals surface area contributed by atoms with E-state index in [0.29, 0.717) is 18.1 Å². The van der Waals surface area contributed by atoms with Crippen molar-refractivity contribution >= 4 is 5.91 Å². The van der Waals surface area contributed by atoms with Crippen LogP contribution in [0.2, 0.25) is 0 Å². The van der Waals surface area contributed by atoms with Crippen LogP contribution in [0, 0.1) is 0 Å². The quantitative estimate of drug-likeness (QED) is 0.422. The molecule has 0 saturated carbocycles. The number of nitrogens with one attached hydrogen (secondary N) is 4. The van der Waals surface area contributed by atoms with Gasteiger partial charge in [0, 0.05) is 43.1 Å². The van der Waals surface area contributed by atoms with Gasteiger partial charge in [-0.25, -0.2) is 15.0 Å². The SMILES string of the molecule is NC(Cc1cnc[nH]1)C(=O)NC(c1ncc[nH]1)c1ncc[nH]1. The van der Waals surface area contributed by atoms with E-state index >= 15 is 0 Å². The van der Waals surface area contributed by atoms with Gasteiger partial charge in [-0.05, 0) is 0 Å². The number of hydrogen-bond acceptors (Lipinski definition) is 5. The van der Waals surface area contributed by atoms with Gasteiger partial charge in [-0.3, -0.25) is 4.79 Å². The summed E-state index contributed by atoms with van der Waals surface area (Å²) in [6.07, 6.45) is 10.2. The molecule has 0 fully saturated rings. The monoisotopic (exact) mass is 300 g/mol. The Morgan fingerprint density at radius 3 is 2.36 bits per heavy atom. The molecule has 6 N–H and O–H groups in total. The highest BCUT2D eigenvalue weighted by Gasteiger charge is 2.24. The lowest BCUT2D eigenvalue weighted by Gasteiger charge is -2.17. The fraction of sp³-hybridized carbons (Fsp3) is 0.231. The molecule has 1 atom stereocenters. The van der Waals surface area contributed by atoms with Gasteiger partial charge in [0.1, 0.15) is 17.7 Å². The van der Waals surface area contributed by atoms with Crippen molar-refractivity contribution in [3.8, 4) is 0 Å². The first kappa shape index (κ1) is 14.0. The van der Waals surface area contributed by atoms with Gasteiger partial charge in [0.05, 0.1) is 12.4 Å². The number of hydrogen-bond donors (Lipinski definition) is 5. The summed E-state index contributed by atoms with van der Waals surface area (Å²) in [7, 11) is 0. The minimum absolute atomic E-state index is 0.299. The average Bonchev–Trinajstić information content (AvgIpc) is 3.25. The first-order valence-corrected chi connectivity index (χ1v) is 6.76. The van der Waals surface area contributed by atoms with E-state index in [4.69, 9.17) is 5.73 Å². The first-order chi connectivity index (χ1) is 10.7. The average molecular weight is 300 g/mol. The highest BCUT2D eigenvalue weighted by atomic mass is 16.2. The number of rotatable bonds is 6. The van der Waals surface area contributed by atoms with E-state index in [9.17, 15) is 4.79 Å². The maximum Gasteiger partial charge on any atom is 0.238 e. The minimum Gasteiger partial charge on any atom is -0.348 e. The Hall–Kier alpha value is -2.94. The molecule has 3 rings (SSSR count). The minimum atomic E-state index is -0.701. The molecule has 0 saturated heterocycles. The fourth-order valence-corrected chi connectivity index (χ4v) is 2.11. The molecule has 114 valence electrons. The molecule has 0 aliphatic rings. The summed E-state index contributed by atoms with van der Waals surface area (Å²) in [5.74, 6) is 0.862. The van der Waals surface area contributed by atoms with E-state index < -0.39 is 12.1 Å². The number of imidazole rings is 3. The standard InChI is InChI=1S/C13H16N8O/c14-9(5-8-6-15-7-20-8)13(22)21-10(11-16-1-2-17-11)12-18-3-4-19-12/h1-4,6-7,9-10H,5,14H2,(H,15,20)(H,16,17)(H,18,19)(H,21,22). The molecule has 9 heteroatoms. The van der Waals surface area contributed by atoms with Crippen LogP contribution < -0.4 is 11.1 Å². The van der Waals surface area contributed by atoms with Crippen LogP contribution in [0.3, 0.4) is 0 Å². The summed E-state index contributed by atoms with van der Waals surface area (Å²) >= 11 is 0. The van der Waals surface area contributed by atoms with Crippen molar-refractivity contribution < 1.29 is 4.79 Å². The molecule has 1 unspecified atom stereocenters. The van der Waals surface area contributed by atoms with Crippen LogP contribution in [-0.4, -0.2) is 41.9 Å². The Morgan fingerprint density at radius 2 is 1.86 bits per heavy atom. The highest BCUT2D eigenvalue weighted by molar-refractivity contribution is 5.82. The molecule has 0 radical (unpaired) electrons. The molecular formula is C13H16N8O. The third-order valence-corrected chi connectivity index (χ3v) is 3.20. The number of aromatic nitrogens is 6. The Balaban J connectivity index is 1.72. The zero-order chi connectivity index (χ0) is 15.4. The Morgan fingerprint density at radius 1 is 1.18 bits per heavy atom. The lowest BCUT2D eigenvalue weighted by Crippen LogP contribution is -2.44. The van der Waals surface area contributed by atoms with Crippen molar-refractivity contribution in [1.29, 1.82) is 0 Å².